The number of carbonyl (C=O) groups excluding carboxylic acids is 1. The highest BCUT2D eigenvalue weighted by molar-refractivity contribution is 5.79. The van der Waals surface area contributed by atoms with E-state index < -0.39 is 0 Å². The van der Waals surface area contributed by atoms with Gasteiger partial charge in [0, 0.05) is 13.0 Å². The first kappa shape index (κ1) is 24.7. The topological polar surface area (TPSA) is 55.2 Å². The summed E-state index contributed by atoms with van der Waals surface area (Å²) in [5.41, 5.74) is 2.40. The molecular formula is C28H37N3O2. The molecule has 0 saturated carbocycles. The average Bonchev–Trinajstić information content (AvgIpc) is 2.79. The minimum Gasteiger partial charge on any atom is -0.333 e. The molecule has 3 rings (SSSR count). The molecule has 176 valence electrons. The molecule has 1 heterocycles. The minimum absolute atomic E-state index is 0.104. The van der Waals surface area contributed by atoms with Crippen LogP contribution in [0.25, 0.3) is 16.6 Å². The molecule has 0 aliphatic carbocycles. The van der Waals surface area contributed by atoms with Gasteiger partial charge in [0.25, 0.3) is 5.56 Å². The molecule has 5 nitrogen and oxygen atoms in total. The Labute approximate surface area is 197 Å². The van der Waals surface area contributed by atoms with Gasteiger partial charge in [-0.3, -0.25) is 14.2 Å². The maximum Gasteiger partial charge on any atom is 0.266 e. The molecule has 0 aliphatic heterocycles. The van der Waals surface area contributed by atoms with Crippen LogP contribution in [0.3, 0.4) is 0 Å². The van der Waals surface area contributed by atoms with Gasteiger partial charge in [-0.05, 0) is 56.0 Å². The summed E-state index contributed by atoms with van der Waals surface area (Å²) in [6.07, 6.45) is 4.77. The highest BCUT2D eigenvalue weighted by atomic mass is 16.2. The Morgan fingerprint density at radius 2 is 1.79 bits per heavy atom. The van der Waals surface area contributed by atoms with Crippen LogP contribution in [0.4, 0.5) is 0 Å². The number of hydrogen-bond acceptors (Lipinski definition) is 3. The fourth-order valence-electron chi connectivity index (χ4n) is 4.30. The first-order valence-electron chi connectivity index (χ1n) is 12.2. The summed E-state index contributed by atoms with van der Waals surface area (Å²) in [6.45, 7) is 11.0. The number of hydrogen-bond donors (Lipinski definition) is 0. The van der Waals surface area contributed by atoms with Crippen molar-refractivity contribution in [1.29, 1.82) is 0 Å². The van der Waals surface area contributed by atoms with E-state index in [0.717, 1.165) is 36.9 Å². The van der Waals surface area contributed by atoms with Crippen molar-refractivity contribution < 1.29 is 4.79 Å². The fourth-order valence-corrected chi connectivity index (χ4v) is 4.30. The van der Waals surface area contributed by atoms with E-state index >= 15 is 0 Å². The van der Waals surface area contributed by atoms with E-state index in [9.17, 15) is 9.59 Å². The highest BCUT2D eigenvalue weighted by Gasteiger charge is 2.27. The molecule has 0 aliphatic rings. The van der Waals surface area contributed by atoms with Crippen LogP contribution in [-0.4, -0.2) is 26.9 Å². The number of unbranched alkanes of at least 4 members (excludes halogenated alkanes) is 3. The van der Waals surface area contributed by atoms with E-state index in [1.807, 2.05) is 67.3 Å². The molecule has 0 saturated heterocycles. The summed E-state index contributed by atoms with van der Waals surface area (Å²) in [6, 6.07) is 15.0. The van der Waals surface area contributed by atoms with Crippen LogP contribution in [0.1, 0.15) is 77.2 Å². The van der Waals surface area contributed by atoms with E-state index in [1.54, 1.807) is 4.57 Å². The van der Waals surface area contributed by atoms with Gasteiger partial charge < -0.3 is 4.90 Å². The third-order valence-electron chi connectivity index (χ3n) is 6.03. The first-order chi connectivity index (χ1) is 15.8. The quantitative estimate of drug-likeness (QED) is 0.347. The maximum atomic E-state index is 13.6. The highest BCUT2D eigenvalue weighted by Crippen LogP contribution is 2.25. The van der Waals surface area contributed by atoms with Crippen LogP contribution in [0.2, 0.25) is 0 Å². The number of benzene rings is 2. The van der Waals surface area contributed by atoms with E-state index in [1.165, 1.54) is 0 Å². The Bertz CT molecular complexity index is 1150. The second-order valence-corrected chi connectivity index (χ2v) is 9.39. The molecule has 1 aromatic heterocycles. The number of nitrogens with zero attached hydrogens (tertiary/aromatic N) is 3. The summed E-state index contributed by atoms with van der Waals surface area (Å²) in [5.74, 6) is 1.05. The third-order valence-corrected chi connectivity index (χ3v) is 6.03. The second kappa shape index (κ2) is 11.3. The number of amides is 1. The second-order valence-electron chi connectivity index (χ2n) is 9.39. The Balaban J connectivity index is 2.11. The van der Waals surface area contributed by atoms with Crippen molar-refractivity contribution in [3.8, 4) is 5.69 Å². The molecule has 3 aromatic rings. The number of aromatic nitrogens is 2. The number of aryl methyl sites for hydroxylation is 1. The standard InChI is InChI=1S/C28H37N3O2/c1-6-7-8-9-17-26(32)30(19-20(2)3)22(5)27-29-25-16-11-10-15-24(25)28(33)31(27)23-14-12-13-21(4)18-23/h10-16,18,20,22H,6-9,17,19H2,1-5H3. The lowest BCUT2D eigenvalue weighted by molar-refractivity contribution is -0.134. The van der Waals surface area contributed by atoms with Crippen molar-refractivity contribution in [1.82, 2.24) is 14.5 Å². The van der Waals surface area contributed by atoms with Crippen molar-refractivity contribution in [3.05, 3.63) is 70.3 Å². The van der Waals surface area contributed by atoms with Crippen LogP contribution in [0, 0.1) is 12.8 Å². The van der Waals surface area contributed by atoms with Gasteiger partial charge in [-0.25, -0.2) is 4.98 Å². The molecule has 0 radical (unpaired) electrons. The zero-order valence-corrected chi connectivity index (χ0v) is 20.7. The van der Waals surface area contributed by atoms with Gasteiger partial charge in [-0.15, -0.1) is 0 Å². The number of fused-ring (bicyclic) bond motifs is 1. The smallest absolute Gasteiger partial charge is 0.266 e. The minimum atomic E-state index is -0.330. The molecule has 0 bridgehead atoms. The summed E-state index contributed by atoms with van der Waals surface area (Å²) >= 11 is 0. The van der Waals surface area contributed by atoms with Crippen molar-refractivity contribution in [2.75, 3.05) is 6.54 Å². The van der Waals surface area contributed by atoms with E-state index in [-0.39, 0.29) is 17.5 Å². The summed E-state index contributed by atoms with van der Waals surface area (Å²) < 4.78 is 1.69. The summed E-state index contributed by atoms with van der Waals surface area (Å²) in [5, 5.41) is 0.580. The Hall–Kier alpha value is -2.95. The average molecular weight is 448 g/mol. The van der Waals surface area contributed by atoms with Gasteiger partial charge in [-0.1, -0.05) is 64.3 Å². The predicted octanol–water partition coefficient (Wildman–Crippen LogP) is 6.21. The Morgan fingerprint density at radius 1 is 1.03 bits per heavy atom. The number of carbonyl (C=O) groups is 1. The van der Waals surface area contributed by atoms with Gasteiger partial charge in [-0.2, -0.15) is 0 Å². The molecule has 1 amide bonds. The van der Waals surface area contributed by atoms with Crippen molar-refractivity contribution in [2.45, 2.75) is 72.8 Å². The zero-order chi connectivity index (χ0) is 24.0. The lowest BCUT2D eigenvalue weighted by atomic mass is 10.1. The fraction of sp³-hybridized carbons (Fsp3) is 0.464. The Morgan fingerprint density at radius 3 is 2.48 bits per heavy atom. The van der Waals surface area contributed by atoms with Crippen molar-refractivity contribution in [2.24, 2.45) is 5.92 Å². The lowest BCUT2D eigenvalue weighted by Crippen LogP contribution is -2.39. The van der Waals surface area contributed by atoms with Crippen LogP contribution in [0.5, 0.6) is 0 Å². The molecule has 5 heteroatoms. The molecule has 1 atom stereocenters. The van der Waals surface area contributed by atoms with Crippen LogP contribution >= 0.6 is 0 Å². The molecule has 1 unspecified atom stereocenters. The van der Waals surface area contributed by atoms with Gasteiger partial charge >= 0.3 is 0 Å². The Kier molecular flexibility index (Phi) is 8.43. The normalized spacial score (nSPS) is 12.3. The van der Waals surface area contributed by atoms with Gasteiger partial charge in [0.05, 0.1) is 22.6 Å². The maximum absolute atomic E-state index is 13.6. The summed E-state index contributed by atoms with van der Waals surface area (Å²) in [7, 11) is 0. The number of para-hydroxylation sites is 1. The summed E-state index contributed by atoms with van der Waals surface area (Å²) in [4.78, 5) is 33.8. The zero-order valence-electron chi connectivity index (χ0n) is 20.7. The number of rotatable bonds is 10. The third kappa shape index (κ3) is 5.89. The molecule has 33 heavy (non-hydrogen) atoms. The van der Waals surface area contributed by atoms with Crippen molar-refractivity contribution in [3.63, 3.8) is 0 Å². The molecular weight excluding hydrogens is 410 g/mol. The van der Waals surface area contributed by atoms with E-state index in [2.05, 4.69) is 20.8 Å². The molecule has 0 spiro atoms. The van der Waals surface area contributed by atoms with Gasteiger partial charge in [0.2, 0.25) is 5.91 Å². The SMILES string of the molecule is CCCCCCC(=O)N(CC(C)C)C(C)c1nc2ccccc2c(=O)n1-c1cccc(C)c1. The monoisotopic (exact) mass is 447 g/mol. The van der Waals surface area contributed by atoms with Crippen LogP contribution in [0.15, 0.2) is 53.3 Å². The lowest BCUT2D eigenvalue weighted by Gasteiger charge is -2.32. The van der Waals surface area contributed by atoms with Gasteiger partial charge in [0.15, 0.2) is 0 Å². The van der Waals surface area contributed by atoms with Gasteiger partial charge in [0.1, 0.15) is 5.82 Å². The molecule has 0 fully saturated rings. The van der Waals surface area contributed by atoms with E-state index in [0.29, 0.717) is 35.6 Å². The van der Waals surface area contributed by atoms with Crippen molar-refractivity contribution >= 4 is 16.8 Å². The predicted molar refractivity (Wildman–Crippen MR) is 136 cm³/mol. The van der Waals surface area contributed by atoms with Crippen LogP contribution < -0.4 is 5.56 Å². The van der Waals surface area contributed by atoms with E-state index in [4.69, 9.17) is 4.98 Å². The first-order valence-corrected chi connectivity index (χ1v) is 12.2. The molecule has 2 aromatic carbocycles. The molecule has 0 N–H and O–H groups in total. The van der Waals surface area contributed by atoms with Crippen LogP contribution in [-0.2, 0) is 4.79 Å². The largest absolute Gasteiger partial charge is 0.333 e.